The zero-order chi connectivity index (χ0) is 15.5. The zero-order valence-electron chi connectivity index (χ0n) is 12.2. The van der Waals surface area contributed by atoms with Gasteiger partial charge in [-0.3, -0.25) is 4.79 Å². The molecule has 0 bridgehead atoms. The largest absolute Gasteiger partial charge is 0.467 e. The van der Waals surface area contributed by atoms with Crippen molar-refractivity contribution in [1.82, 2.24) is 4.90 Å². The van der Waals surface area contributed by atoms with Crippen LogP contribution in [0.25, 0.3) is 0 Å². The van der Waals surface area contributed by atoms with E-state index in [1.54, 1.807) is 30.3 Å². The van der Waals surface area contributed by atoms with E-state index < -0.39 is 0 Å². The van der Waals surface area contributed by atoms with Gasteiger partial charge in [-0.05, 0) is 30.3 Å². The van der Waals surface area contributed by atoms with Crippen molar-refractivity contribution < 1.29 is 13.9 Å². The number of halogens is 1. The first-order valence-corrected chi connectivity index (χ1v) is 7.48. The average Bonchev–Trinajstić information content (AvgIpc) is 3.09. The van der Waals surface area contributed by atoms with Crippen molar-refractivity contribution in [3.05, 3.63) is 52.9 Å². The number of nitrogens with one attached hydrogen (secondary N) is 1. The predicted octanol–water partition coefficient (Wildman–Crippen LogP) is 3.19. The van der Waals surface area contributed by atoms with Crippen molar-refractivity contribution in [3.63, 3.8) is 0 Å². The second kappa shape index (κ2) is 6.42. The van der Waals surface area contributed by atoms with E-state index in [4.69, 9.17) is 20.8 Å². The topological polar surface area (TPSA) is 54.7 Å². The summed E-state index contributed by atoms with van der Waals surface area (Å²) in [6, 6.07) is 9.00. The maximum atomic E-state index is 12.7. The fourth-order valence-electron chi connectivity index (χ4n) is 2.50. The van der Waals surface area contributed by atoms with E-state index in [9.17, 15) is 4.79 Å². The summed E-state index contributed by atoms with van der Waals surface area (Å²) in [4.78, 5) is 14.5. The lowest BCUT2D eigenvalue weighted by atomic mass is 10.1. The summed E-state index contributed by atoms with van der Waals surface area (Å²) in [5, 5.41) is 3.46. The van der Waals surface area contributed by atoms with Crippen LogP contribution in [0.4, 0.5) is 5.69 Å². The quantitative estimate of drug-likeness (QED) is 0.943. The molecule has 5 nitrogen and oxygen atoms in total. The molecule has 1 aromatic heterocycles. The smallest absolute Gasteiger partial charge is 0.255 e. The molecule has 0 aliphatic carbocycles. The number of rotatable bonds is 3. The molecule has 3 rings (SSSR count). The molecule has 2 aromatic rings. The number of anilines is 1. The average molecular weight is 321 g/mol. The number of ether oxygens (including phenoxy) is 1. The molecule has 1 N–H and O–H groups in total. The van der Waals surface area contributed by atoms with E-state index in [2.05, 4.69) is 5.32 Å². The fourth-order valence-corrected chi connectivity index (χ4v) is 2.69. The van der Waals surface area contributed by atoms with Crippen molar-refractivity contribution in [1.29, 1.82) is 0 Å². The Bertz CT molecular complexity index is 657. The van der Waals surface area contributed by atoms with Gasteiger partial charge in [-0.1, -0.05) is 11.6 Å². The van der Waals surface area contributed by atoms with E-state index in [1.165, 1.54) is 0 Å². The Balaban J connectivity index is 1.80. The van der Waals surface area contributed by atoms with Gasteiger partial charge in [-0.15, -0.1) is 0 Å². The molecule has 6 heteroatoms. The normalized spacial score (nSPS) is 18.3. The van der Waals surface area contributed by atoms with Gasteiger partial charge in [0, 0.05) is 19.3 Å². The minimum Gasteiger partial charge on any atom is -0.467 e. The van der Waals surface area contributed by atoms with Gasteiger partial charge in [0.2, 0.25) is 0 Å². The summed E-state index contributed by atoms with van der Waals surface area (Å²) in [6.45, 7) is 1.46. The summed E-state index contributed by atoms with van der Waals surface area (Å²) in [6.07, 6.45) is 1.37. The molecule has 1 aliphatic rings. The van der Waals surface area contributed by atoms with Gasteiger partial charge < -0.3 is 19.4 Å². The van der Waals surface area contributed by atoms with E-state index in [-0.39, 0.29) is 12.0 Å². The second-order valence-corrected chi connectivity index (χ2v) is 5.48. The number of hydrogen-bond acceptors (Lipinski definition) is 4. The maximum Gasteiger partial charge on any atom is 0.255 e. The van der Waals surface area contributed by atoms with Crippen LogP contribution in [0.3, 0.4) is 0 Å². The lowest BCUT2D eigenvalue weighted by Crippen LogP contribution is -2.42. The van der Waals surface area contributed by atoms with Crippen molar-refractivity contribution in [2.75, 3.05) is 32.1 Å². The molecule has 1 aromatic carbocycles. The lowest BCUT2D eigenvalue weighted by Gasteiger charge is -2.32. The summed E-state index contributed by atoms with van der Waals surface area (Å²) >= 11 is 6.18. The molecule has 1 aliphatic heterocycles. The first-order chi connectivity index (χ1) is 10.7. The fraction of sp³-hybridized carbons (Fsp3) is 0.312. The van der Waals surface area contributed by atoms with Crippen LogP contribution < -0.4 is 5.32 Å². The summed E-state index contributed by atoms with van der Waals surface area (Å²) in [5.74, 6) is 0.634. The van der Waals surface area contributed by atoms with Gasteiger partial charge in [-0.2, -0.15) is 0 Å². The van der Waals surface area contributed by atoms with Crippen LogP contribution in [0.2, 0.25) is 5.02 Å². The molecule has 1 atom stereocenters. The van der Waals surface area contributed by atoms with Crippen molar-refractivity contribution in [3.8, 4) is 0 Å². The molecular weight excluding hydrogens is 304 g/mol. The van der Waals surface area contributed by atoms with Gasteiger partial charge in [0.15, 0.2) is 0 Å². The van der Waals surface area contributed by atoms with Crippen LogP contribution in [0, 0.1) is 0 Å². The molecule has 0 spiro atoms. The SMILES string of the molecule is CNc1ccc(Cl)c(C(=O)N2CCOC(c3ccco3)C2)c1. The second-order valence-electron chi connectivity index (χ2n) is 5.07. The summed E-state index contributed by atoms with van der Waals surface area (Å²) < 4.78 is 11.0. The number of benzene rings is 1. The number of nitrogens with zero attached hydrogens (tertiary/aromatic N) is 1. The van der Waals surface area contributed by atoms with Gasteiger partial charge >= 0.3 is 0 Å². The van der Waals surface area contributed by atoms with Crippen molar-refractivity contribution in [2.24, 2.45) is 0 Å². The van der Waals surface area contributed by atoms with Gasteiger partial charge in [0.1, 0.15) is 11.9 Å². The highest BCUT2D eigenvalue weighted by Gasteiger charge is 2.28. The lowest BCUT2D eigenvalue weighted by molar-refractivity contribution is -0.0321. The monoisotopic (exact) mass is 320 g/mol. The van der Waals surface area contributed by atoms with Gasteiger partial charge in [0.25, 0.3) is 5.91 Å². The Kier molecular flexibility index (Phi) is 4.36. The Morgan fingerprint density at radius 3 is 3.00 bits per heavy atom. The Morgan fingerprint density at radius 2 is 2.27 bits per heavy atom. The number of carbonyl (C=O) groups excluding carboxylic acids is 1. The van der Waals surface area contributed by atoms with Crippen LogP contribution in [-0.2, 0) is 4.74 Å². The van der Waals surface area contributed by atoms with Crippen LogP contribution >= 0.6 is 11.6 Å². The molecule has 1 saturated heterocycles. The van der Waals surface area contributed by atoms with Gasteiger partial charge in [-0.25, -0.2) is 0 Å². The standard InChI is InChI=1S/C16H17ClN2O3/c1-18-11-4-5-13(17)12(9-11)16(20)19-6-8-22-15(10-19)14-3-2-7-21-14/h2-5,7,9,15,18H,6,8,10H2,1H3. The van der Waals surface area contributed by atoms with E-state index in [1.807, 2.05) is 18.2 Å². The molecule has 1 unspecified atom stereocenters. The van der Waals surface area contributed by atoms with Crippen LogP contribution in [0.15, 0.2) is 41.0 Å². The molecule has 2 heterocycles. The molecule has 1 amide bonds. The number of hydrogen-bond donors (Lipinski definition) is 1. The number of furan rings is 1. The highest BCUT2D eigenvalue weighted by atomic mass is 35.5. The predicted molar refractivity (Wildman–Crippen MR) is 84.3 cm³/mol. The number of amides is 1. The third kappa shape index (κ3) is 2.96. The summed E-state index contributed by atoms with van der Waals surface area (Å²) in [5.41, 5.74) is 1.34. The van der Waals surface area contributed by atoms with E-state index in [0.717, 1.165) is 11.4 Å². The molecule has 0 saturated carbocycles. The minimum absolute atomic E-state index is 0.0954. The van der Waals surface area contributed by atoms with Crippen molar-refractivity contribution in [2.45, 2.75) is 6.10 Å². The Morgan fingerprint density at radius 1 is 1.41 bits per heavy atom. The molecular formula is C16H17ClN2O3. The molecule has 116 valence electrons. The van der Waals surface area contributed by atoms with Gasteiger partial charge in [0.05, 0.1) is 30.0 Å². The van der Waals surface area contributed by atoms with Crippen molar-refractivity contribution >= 4 is 23.2 Å². The molecule has 0 radical (unpaired) electrons. The highest BCUT2D eigenvalue weighted by Crippen LogP contribution is 2.26. The molecule has 1 fully saturated rings. The number of carbonyl (C=O) groups is 1. The third-order valence-electron chi connectivity index (χ3n) is 3.70. The maximum absolute atomic E-state index is 12.7. The van der Waals surface area contributed by atoms with Crippen LogP contribution in [0.5, 0.6) is 0 Å². The Hall–Kier alpha value is -1.98. The minimum atomic E-state index is -0.237. The Labute approximate surface area is 133 Å². The van der Waals surface area contributed by atoms with E-state index >= 15 is 0 Å². The van der Waals surface area contributed by atoms with Crippen LogP contribution in [0.1, 0.15) is 22.2 Å². The van der Waals surface area contributed by atoms with Crippen LogP contribution in [-0.4, -0.2) is 37.6 Å². The summed E-state index contributed by atoms with van der Waals surface area (Å²) in [7, 11) is 1.80. The zero-order valence-corrected chi connectivity index (χ0v) is 13.0. The third-order valence-corrected chi connectivity index (χ3v) is 4.03. The van der Waals surface area contributed by atoms with E-state index in [0.29, 0.717) is 30.3 Å². The first kappa shape index (κ1) is 14.9. The molecule has 22 heavy (non-hydrogen) atoms. The highest BCUT2D eigenvalue weighted by molar-refractivity contribution is 6.34. The first-order valence-electron chi connectivity index (χ1n) is 7.10. The number of morpholine rings is 1.